The molecule has 0 radical (unpaired) electrons. The Bertz CT molecular complexity index is 480. The van der Waals surface area contributed by atoms with Crippen LogP contribution in [0.25, 0.3) is 0 Å². The highest BCUT2D eigenvalue weighted by atomic mass is 16.1. The van der Waals surface area contributed by atoms with Crippen LogP contribution < -0.4 is 5.32 Å². The first kappa shape index (κ1) is 12.7. The van der Waals surface area contributed by atoms with Gasteiger partial charge in [0.15, 0.2) is 0 Å². The minimum atomic E-state index is 0.119. The molecule has 1 N–H and O–H groups in total. The molecule has 2 nitrogen and oxygen atoms in total. The van der Waals surface area contributed by atoms with Gasteiger partial charge in [0.05, 0.1) is 0 Å². The third kappa shape index (κ3) is 2.68. The standard InChI is InChI=1S/C17H23NO/c1-12-5-2-3-8-16(12)18-17(19)15-10-9-13-6-4-7-14(13)11-15/h9-12,16H,2-8H2,1H3,(H,18,19). The van der Waals surface area contributed by atoms with Crippen LogP contribution in [0.15, 0.2) is 18.2 Å². The van der Waals surface area contributed by atoms with E-state index >= 15 is 0 Å². The van der Waals surface area contributed by atoms with Gasteiger partial charge in [-0.1, -0.05) is 25.8 Å². The highest BCUT2D eigenvalue weighted by Crippen LogP contribution is 2.25. The summed E-state index contributed by atoms with van der Waals surface area (Å²) in [6, 6.07) is 6.61. The molecule has 1 fully saturated rings. The molecule has 2 unspecified atom stereocenters. The van der Waals surface area contributed by atoms with Crippen molar-refractivity contribution in [3.05, 3.63) is 34.9 Å². The van der Waals surface area contributed by atoms with E-state index in [-0.39, 0.29) is 5.91 Å². The van der Waals surface area contributed by atoms with Crippen LogP contribution in [-0.4, -0.2) is 11.9 Å². The monoisotopic (exact) mass is 257 g/mol. The van der Waals surface area contributed by atoms with Crippen LogP contribution in [-0.2, 0) is 12.8 Å². The lowest BCUT2D eigenvalue weighted by Crippen LogP contribution is -2.41. The van der Waals surface area contributed by atoms with E-state index in [0.717, 1.165) is 18.4 Å². The van der Waals surface area contributed by atoms with Gasteiger partial charge in [-0.15, -0.1) is 0 Å². The minimum Gasteiger partial charge on any atom is -0.349 e. The summed E-state index contributed by atoms with van der Waals surface area (Å²) in [4.78, 5) is 12.3. The zero-order valence-electron chi connectivity index (χ0n) is 11.7. The molecule has 2 heteroatoms. The summed E-state index contributed by atoms with van der Waals surface area (Å²) < 4.78 is 0. The minimum absolute atomic E-state index is 0.119. The molecule has 2 aliphatic carbocycles. The predicted molar refractivity (Wildman–Crippen MR) is 77.4 cm³/mol. The molecule has 0 aromatic heterocycles. The summed E-state index contributed by atoms with van der Waals surface area (Å²) in [5, 5.41) is 3.24. The third-order valence-electron chi connectivity index (χ3n) is 4.79. The molecular weight excluding hydrogens is 234 g/mol. The van der Waals surface area contributed by atoms with Crippen molar-refractivity contribution in [3.63, 3.8) is 0 Å². The van der Waals surface area contributed by atoms with Gasteiger partial charge in [-0.2, -0.15) is 0 Å². The number of amides is 1. The molecular formula is C17H23NO. The second-order valence-corrected chi connectivity index (χ2v) is 6.18. The maximum atomic E-state index is 12.3. The number of benzene rings is 1. The SMILES string of the molecule is CC1CCCCC1NC(=O)c1ccc2c(c1)CCC2. The van der Waals surface area contributed by atoms with Crippen molar-refractivity contribution in [1.82, 2.24) is 5.32 Å². The van der Waals surface area contributed by atoms with Crippen molar-refractivity contribution in [3.8, 4) is 0 Å². The van der Waals surface area contributed by atoms with Crippen molar-refractivity contribution in [2.24, 2.45) is 5.92 Å². The molecule has 0 spiro atoms. The van der Waals surface area contributed by atoms with E-state index in [2.05, 4.69) is 24.4 Å². The summed E-state index contributed by atoms with van der Waals surface area (Å²) in [5.74, 6) is 0.737. The number of nitrogens with one attached hydrogen (secondary N) is 1. The van der Waals surface area contributed by atoms with E-state index in [0.29, 0.717) is 12.0 Å². The van der Waals surface area contributed by atoms with Gasteiger partial charge in [0.2, 0.25) is 0 Å². The molecule has 2 aliphatic rings. The molecule has 1 saturated carbocycles. The first-order valence-corrected chi connectivity index (χ1v) is 7.67. The summed E-state index contributed by atoms with van der Waals surface area (Å²) in [6.45, 7) is 2.26. The number of hydrogen-bond donors (Lipinski definition) is 1. The average molecular weight is 257 g/mol. The summed E-state index contributed by atoms with van der Waals surface area (Å²) in [6.07, 6.45) is 8.49. The molecule has 2 atom stereocenters. The Morgan fingerprint density at radius 3 is 2.74 bits per heavy atom. The van der Waals surface area contributed by atoms with Crippen LogP contribution in [0.2, 0.25) is 0 Å². The van der Waals surface area contributed by atoms with Gasteiger partial charge >= 0.3 is 0 Å². The third-order valence-corrected chi connectivity index (χ3v) is 4.79. The van der Waals surface area contributed by atoms with Crippen LogP contribution in [0.1, 0.15) is 60.5 Å². The fourth-order valence-electron chi connectivity index (χ4n) is 3.50. The molecule has 0 aliphatic heterocycles. The van der Waals surface area contributed by atoms with Crippen molar-refractivity contribution in [2.45, 2.75) is 57.9 Å². The molecule has 102 valence electrons. The topological polar surface area (TPSA) is 29.1 Å². The quantitative estimate of drug-likeness (QED) is 0.863. The summed E-state index contributed by atoms with van der Waals surface area (Å²) in [7, 11) is 0. The van der Waals surface area contributed by atoms with Gasteiger partial charge in [0, 0.05) is 11.6 Å². The highest BCUT2D eigenvalue weighted by molar-refractivity contribution is 5.94. The fourth-order valence-corrected chi connectivity index (χ4v) is 3.50. The number of aryl methyl sites for hydroxylation is 2. The number of rotatable bonds is 2. The second kappa shape index (κ2) is 5.36. The van der Waals surface area contributed by atoms with Crippen molar-refractivity contribution >= 4 is 5.91 Å². The molecule has 0 bridgehead atoms. The van der Waals surface area contributed by atoms with E-state index in [1.54, 1.807) is 0 Å². The van der Waals surface area contributed by atoms with Crippen LogP contribution >= 0.6 is 0 Å². The number of carbonyl (C=O) groups is 1. The largest absolute Gasteiger partial charge is 0.349 e. The number of carbonyl (C=O) groups excluding carboxylic acids is 1. The van der Waals surface area contributed by atoms with E-state index < -0.39 is 0 Å². The van der Waals surface area contributed by atoms with Gasteiger partial charge in [-0.25, -0.2) is 0 Å². The maximum Gasteiger partial charge on any atom is 0.251 e. The van der Waals surface area contributed by atoms with E-state index in [1.165, 1.54) is 43.2 Å². The van der Waals surface area contributed by atoms with Crippen LogP contribution in [0.4, 0.5) is 0 Å². The predicted octanol–water partition coefficient (Wildman–Crippen LogP) is 3.48. The number of hydrogen-bond acceptors (Lipinski definition) is 1. The molecule has 19 heavy (non-hydrogen) atoms. The Morgan fingerprint density at radius 1 is 1.11 bits per heavy atom. The lowest BCUT2D eigenvalue weighted by molar-refractivity contribution is 0.0910. The maximum absolute atomic E-state index is 12.3. The lowest BCUT2D eigenvalue weighted by Gasteiger charge is -2.29. The van der Waals surface area contributed by atoms with Crippen molar-refractivity contribution in [1.29, 1.82) is 0 Å². The Kier molecular flexibility index (Phi) is 3.58. The van der Waals surface area contributed by atoms with E-state index in [4.69, 9.17) is 0 Å². The molecule has 1 aromatic carbocycles. The summed E-state index contributed by atoms with van der Waals surface area (Å²) >= 11 is 0. The molecule has 1 amide bonds. The molecule has 3 rings (SSSR count). The Hall–Kier alpha value is -1.31. The van der Waals surface area contributed by atoms with Gasteiger partial charge in [-0.05, 0) is 61.3 Å². The smallest absolute Gasteiger partial charge is 0.251 e. The zero-order chi connectivity index (χ0) is 13.2. The fraction of sp³-hybridized carbons (Fsp3) is 0.588. The van der Waals surface area contributed by atoms with Gasteiger partial charge in [-0.3, -0.25) is 4.79 Å². The van der Waals surface area contributed by atoms with E-state index in [1.807, 2.05) is 6.07 Å². The Labute approximate surface area is 115 Å². The lowest BCUT2D eigenvalue weighted by atomic mass is 9.86. The van der Waals surface area contributed by atoms with Crippen molar-refractivity contribution < 1.29 is 4.79 Å². The first-order valence-electron chi connectivity index (χ1n) is 7.67. The van der Waals surface area contributed by atoms with Crippen molar-refractivity contribution in [2.75, 3.05) is 0 Å². The molecule has 1 aromatic rings. The Morgan fingerprint density at radius 2 is 1.89 bits per heavy atom. The van der Waals surface area contributed by atoms with E-state index in [9.17, 15) is 4.79 Å². The summed E-state index contributed by atoms with van der Waals surface area (Å²) in [5.41, 5.74) is 3.66. The van der Waals surface area contributed by atoms with Crippen LogP contribution in [0, 0.1) is 5.92 Å². The average Bonchev–Trinajstić information content (AvgIpc) is 2.88. The number of fused-ring (bicyclic) bond motifs is 1. The van der Waals surface area contributed by atoms with Crippen LogP contribution in [0.3, 0.4) is 0 Å². The van der Waals surface area contributed by atoms with Gasteiger partial charge < -0.3 is 5.32 Å². The highest BCUT2D eigenvalue weighted by Gasteiger charge is 2.23. The Balaban J connectivity index is 1.70. The molecule has 0 saturated heterocycles. The zero-order valence-corrected chi connectivity index (χ0v) is 11.7. The first-order chi connectivity index (χ1) is 9.24. The second-order valence-electron chi connectivity index (χ2n) is 6.18. The molecule has 0 heterocycles. The van der Waals surface area contributed by atoms with Gasteiger partial charge in [0.25, 0.3) is 5.91 Å². The van der Waals surface area contributed by atoms with Crippen LogP contribution in [0.5, 0.6) is 0 Å². The normalized spacial score (nSPS) is 25.9. The van der Waals surface area contributed by atoms with Gasteiger partial charge in [0.1, 0.15) is 0 Å².